The molecule has 536 valence electrons. The monoisotopic (exact) mass is 1270 g/mol. The summed E-state index contributed by atoms with van der Waals surface area (Å²) >= 11 is 0. The van der Waals surface area contributed by atoms with E-state index < -0.39 is 12.1 Å². The molecule has 0 saturated heterocycles. The minimum absolute atomic E-state index is 0.0264. The molecular weight excluding hydrogens is 1100 g/mol. The van der Waals surface area contributed by atoms with Gasteiger partial charge >= 0.3 is 5.97 Å². The van der Waals surface area contributed by atoms with Crippen LogP contribution in [-0.4, -0.2) is 47.4 Å². The summed E-state index contributed by atoms with van der Waals surface area (Å²) in [7, 11) is 0. The first-order chi connectivity index (χ1) is 44.5. The Bertz CT molecular complexity index is 1370. The first-order valence-corrected chi connectivity index (χ1v) is 42.0. The Kier molecular flexibility index (Phi) is 78.8. The zero-order valence-electron chi connectivity index (χ0n) is 61.7. The van der Waals surface area contributed by atoms with Gasteiger partial charge in [0.15, 0.2) is 0 Å². The summed E-state index contributed by atoms with van der Waals surface area (Å²) in [6.07, 6.45) is 102. The second-order valence-corrected chi connectivity index (χ2v) is 29.2. The van der Waals surface area contributed by atoms with Gasteiger partial charge in [-0.25, -0.2) is 0 Å². The summed E-state index contributed by atoms with van der Waals surface area (Å²) in [6, 6.07) is -0.625. The number of unbranched alkanes of at least 4 members (excludes halogenated alkanes) is 69. The SMILES string of the molecule is CCCCCCCCCCCCCCCCCCCCCCCC/C=C/C(O)C(CO)NC(=O)CCCCCCCCCCCCCCCCCCCCCCCCCCCCCCCCCCOC(=O)CCCCCCCCCCCCCCCCCCC. The molecule has 6 nitrogen and oxygen atoms in total. The number of carbonyl (C=O) groups excluding carboxylic acids is 2. The Morgan fingerprint density at radius 1 is 0.300 bits per heavy atom. The van der Waals surface area contributed by atoms with E-state index in [1.807, 2.05) is 6.08 Å². The molecule has 0 spiro atoms. The predicted molar refractivity (Wildman–Crippen MR) is 398 cm³/mol. The molecule has 0 aromatic heterocycles. The fraction of sp³-hybridized carbons (Fsp3) is 0.952. The van der Waals surface area contributed by atoms with Crippen LogP contribution in [0.4, 0.5) is 0 Å². The highest BCUT2D eigenvalue weighted by Gasteiger charge is 2.18. The van der Waals surface area contributed by atoms with Crippen molar-refractivity contribution >= 4 is 11.9 Å². The summed E-state index contributed by atoms with van der Waals surface area (Å²) in [4.78, 5) is 24.7. The van der Waals surface area contributed by atoms with Crippen LogP contribution in [0.1, 0.15) is 489 Å². The van der Waals surface area contributed by atoms with Gasteiger partial charge < -0.3 is 20.3 Å². The molecule has 0 heterocycles. The van der Waals surface area contributed by atoms with Crippen LogP contribution >= 0.6 is 0 Å². The fourth-order valence-corrected chi connectivity index (χ4v) is 13.7. The number of ether oxygens (including phenoxy) is 1. The van der Waals surface area contributed by atoms with Gasteiger partial charge in [-0.2, -0.15) is 0 Å². The molecule has 2 atom stereocenters. The van der Waals surface area contributed by atoms with E-state index in [1.54, 1.807) is 6.08 Å². The second kappa shape index (κ2) is 80.0. The highest BCUT2D eigenvalue weighted by atomic mass is 16.5. The van der Waals surface area contributed by atoms with E-state index in [4.69, 9.17) is 4.74 Å². The van der Waals surface area contributed by atoms with Gasteiger partial charge in [-0.05, 0) is 32.1 Å². The molecule has 0 radical (unpaired) electrons. The van der Waals surface area contributed by atoms with E-state index >= 15 is 0 Å². The lowest BCUT2D eigenvalue weighted by Crippen LogP contribution is -2.45. The number of nitrogens with one attached hydrogen (secondary N) is 1. The summed E-state index contributed by atoms with van der Waals surface area (Å²) in [5, 5.41) is 23.3. The molecule has 0 aromatic rings. The van der Waals surface area contributed by atoms with Gasteiger partial charge in [-0.1, -0.05) is 456 Å². The molecule has 0 aliphatic rings. The Morgan fingerprint density at radius 2 is 0.511 bits per heavy atom. The van der Waals surface area contributed by atoms with Crippen molar-refractivity contribution in [2.24, 2.45) is 0 Å². The minimum atomic E-state index is -0.842. The number of aliphatic hydroxyl groups is 2. The average Bonchev–Trinajstić information content (AvgIpc) is 3.57. The maximum Gasteiger partial charge on any atom is 0.305 e. The fourth-order valence-electron chi connectivity index (χ4n) is 13.7. The maximum atomic E-state index is 12.6. The second-order valence-electron chi connectivity index (χ2n) is 29.2. The predicted octanol–water partition coefficient (Wildman–Crippen LogP) is 27.8. The lowest BCUT2D eigenvalue weighted by Gasteiger charge is -2.20. The van der Waals surface area contributed by atoms with Crippen molar-refractivity contribution in [3.8, 4) is 0 Å². The number of carbonyl (C=O) groups is 2. The van der Waals surface area contributed by atoms with Gasteiger partial charge in [0.05, 0.1) is 25.4 Å². The molecule has 0 rings (SSSR count). The van der Waals surface area contributed by atoms with Crippen LogP contribution in [0.25, 0.3) is 0 Å². The number of hydrogen-bond donors (Lipinski definition) is 3. The quantitative estimate of drug-likeness (QED) is 0.0320. The first-order valence-electron chi connectivity index (χ1n) is 42.0. The number of amides is 1. The van der Waals surface area contributed by atoms with Crippen LogP contribution in [0.15, 0.2) is 12.2 Å². The molecule has 0 aliphatic heterocycles. The number of allylic oxidation sites excluding steroid dienone is 1. The lowest BCUT2D eigenvalue weighted by atomic mass is 10.0. The molecule has 90 heavy (non-hydrogen) atoms. The van der Waals surface area contributed by atoms with Crippen molar-refractivity contribution in [2.45, 2.75) is 501 Å². The van der Waals surface area contributed by atoms with Crippen molar-refractivity contribution < 1.29 is 24.5 Å². The zero-order valence-corrected chi connectivity index (χ0v) is 61.7. The zero-order chi connectivity index (χ0) is 64.9. The summed E-state index contributed by atoms with van der Waals surface area (Å²) in [6.45, 7) is 4.98. The summed E-state index contributed by atoms with van der Waals surface area (Å²) in [5.41, 5.74) is 0. The Morgan fingerprint density at radius 3 is 0.756 bits per heavy atom. The number of rotatable bonds is 80. The molecular formula is C84H165NO5. The van der Waals surface area contributed by atoms with Gasteiger partial charge in [-0.3, -0.25) is 9.59 Å². The van der Waals surface area contributed by atoms with Crippen LogP contribution in [-0.2, 0) is 14.3 Å². The third-order valence-electron chi connectivity index (χ3n) is 20.1. The molecule has 6 heteroatoms. The van der Waals surface area contributed by atoms with Crippen molar-refractivity contribution in [3.63, 3.8) is 0 Å². The van der Waals surface area contributed by atoms with Crippen molar-refractivity contribution in [1.82, 2.24) is 5.32 Å². The van der Waals surface area contributed by atoms with E-state index in [2.05, 4.69) is 19.2 Å². The number of aliphatic hydroxyl groups excluding tert-OH is 2. The van der Waals surface area contributed by atoms with Gasteiger partial charge in [0.2, 0.25) is 5.91 Å². The maximum absolute atomic E-state index is 12.6. The standard InChI is InChI=1S/C84H165NO5/c1-3-5-7-9-11-13-15-17-19-21-22-23-24-35-38-41-45-48-52-56-60-64-68-72-76-82(87)81(80-86)85-83(88)77-73-69-65-61-57-53-49-46-42-39-36-33-31-29-27-25-26-28-30-32-34-37-40-43-47-51-55-59-63-67-71-75-79-90-84(89)78-74-70-66-62-58-54-50-44-20-18-16-14-12-10-8-6-4-2/h72,76,81-82,86-87H,3-71,73-75,77-80H2,1-2H3,(H,85,88)/b76-72+. The number of hydrogen-bond acceptors (Lipinski definition) is 5. The minimum Gasteiger partial charge on any atom is -0.466 e. The third kappa shape index (κ3) is 75.6. The normalized spacial score (nSPS) is 12.4. The Labute approximate surface area is 565 Å². The molecule has 0 aliphatic carbocycles. The Balaban J connectivity index is 3.33. The molecule has 3 N–H and O–H groups in total. The van der Waals surface area contributed by atoms with E-state index in [9.17, 15) is 19.8 Å². The average molecular weight is 1270 g/mol. The largest absolute Gasteiger partial charge is 0.466 e. The lowest BCUT2D eigenvalue weighted by molar-refractivity contribution is -0.143. The van der Waals surface area contributed by atoms with Crippen LogP contribution in [0.3, 0.4) is 0 Å². The highest BCUT2D eigenvalue weighted by molar-refractivity contribution is 5.76. The van der Waals surface area contributed by atoms with Crippen LogP contribution in [0, 0.1) is 0 Å². The highest BCUT2D eigenvalue weighted by Crippen LogP contribution is 2.21. The van der Waals surface area contributed by atoms with E-state index in [0.717, 1.165) is 38.5 Å². The van der Waals surface area contributed by atoms with E-state index in [-0.39, 0.29) is 18.5 Å². The first kappa shape index (κ1) is 88.6. The molecule has 2 unspecified atom stereocenters. The molecule has 0 saturated carbocycles. The van der Waals surface area contributed by atoms with Gasteiger partial charge in [0.1, 0.15) is 0 Å². The van der Waals surface area contributed by atoms with Gasteiger partial charge in [0, 0.05) is 12.8 Å². The van der Waals surface area contributed by atoms with Crippen LogP contribution in [0.2, 0.25) is 0 Å². The summed E-state index contributed by atoms with van der Waals surface area (Å²) < 4.78 is 5.52. The van der Waals surface area contributed by atoms with Gasteiger partial charge in [0.25, 0.3) is 0 Å². The molecule has 0 aromatic carbocycles. The van der Waals surface area contributed by atoms with E-state index in [1.165, 1.54) is 424 Å². The van der Waals surface area contributed by atoms with Gasteiger partial charge in [-0.15, -0.1) is 0 Å². The molecule has 0 fully saturated rings. The topological polar surface area (TPSA) is 95.9 Å². The van der Waals surface area contributed by atoms with Crippen molar-refractivity contribution in [3.05, 3.63) is 12.2 Å². The Hall–Kier alpha value is -1.40. The third-order valence-corrected chi connectivity index (χ3v) is 20.1. The summed E-state index contributed by atoms with van der Waals surface area (Å²) in [5.74, 6) is -0.0310. The van der Waals surface area contributed by atoms with Crippen molar-refractivity contribution in [1.29, 1.82) is 0 Å². The van der Waals surface area contributed by atoms with Crippen LogP contribution < -0.4 is 5.32 Å². The van der Waals surface area contributed by atoms with Crippen LogP contribution in [0.5, 0.6) is 0 Å². The molecule has 0 bridgehead atoms. The molecule has 1 amide bonds. The smallest absolute Gasteiger partial charge is 0.305 e. The van der Waals surface area contributed by atoms with Crippen molar-refractivity contribution in [2.75, 3.05) is 13.2 Å². The number of esters is 1. The van der Waals surface area contributed by atoms with E-state index in [0.29, 0.717) is 19.4 Å².